The second kappa shape index (κ2) is 9.10. The van der Waals surface area contributed by atoms with Crippen LogP contribution in [0, 0.1) is 52.3 Å². The highest BCUT2D eigenvalue weighted by molar-refractivity contribution is 5.66. The molecule has 182 valence electrons. The van der Waals surface area contributed by atoms with Crippen molar-refractivity contribution in [1.29, 1.82) is 0 Å². The van der Waals surface area contributed by atoms with Crippen molar-refractivity contribution in [1.82, 2.24) is 0 Å². The Morgan fingerprint density at radius 1 is 1.00 bits per heavy atom. The number of fused-ring (bicyclic) bond motifs is 5. The minimum Gasteiger partial charge on any atom is -0.458 e. The molecule has 0 aliphatic heterocycles. The van der Waals surface area contributed by atoms with Gasteiger partial charge in [0.2, 0.25) is 0 Å². The predicted molar refractivity (Wildman–Crippen MR) is 133 cm³/mol. The Bertz CT molecular complexity index is 722. The predicted octanol–water partition coefficient (Wildman–Crippen LogP) is 8.21. The van der Waals surface area contributed by atoms with Gasteiger partial charge >= 0.3 is 5.97 Å². The van der Waals surface area contributed by atoms with Crippen LogP contribution >= 0.6 is 0 Å². The fraction of sp³-hybridized carbons (Fsp3) is 0.900. The first-order valence-corrected chi connectivity index (χ1v) is 13.9. The van der Waals surface area contributed by atoms with Crippen molar-refractivity contribution in [2.24, 2.45) is 52.3 Å². The van der Waals surface area contributed by atoms with Crippen LogP contribution in [0.5, 0.6) is 0 Å². The zero-order valence-electron chi connectivity index (χ0n) is 22.1. The van der Waals surface area contributed by atoms with Gasteiger partial charge in [-0.05, 0) is 110 Å². The molecule has 3 saturated carbocycles. The van der Waals surface area contributed by atoms with Gasteiger partial charge in [-0.1, -0.05) is 60.0 Å². The van der Waals surface area contributed by atoms with Crippen molar-refractivity contribution in [3.8, 4) is 0 Å². The Labute approximate surface area is 198 Å². The molecule has 0 aromatic rings. The molecule has 4 aliphatic carbocycles. The van der Waals surface area contributed by atoms with Crippen LogP contribution in [-0.4, -0.2) is 12.1 Å². The Morgan fingerprint density at radius 3 is 2.44 bits per heavy atom. The van der Waals surface area contributed by atoms with E-state index >= 15 is 0 Å². The third-order valence-electron chi connectivity index (χ3n) is 11.4. The maximum Gasteiger partial charge on any atom is 0.303 e. The van der Waals surface area contributed by atoms with E-state index in [-0.39, 0.29) is 12.1 Å². The van der Waals surface area contributed by atoms with Crippen LogP contribution in [0.4, 0.5) is 0 Å². The molecule has 0 heterocycles. The highest BCUT2D eigenvalue weighted by Crippen LogP contribution is 2.67. The van der Waals surface area contributed by atoms with Crippen LogP contribution in [-0.2, 0) is 9.53 Å². The van der Waals surface area contributed by atoms with Gasteiger partial charge in [0, 0.05) is 6.92 Å². The summed E-state index contributed by atoms with van der Waals surface area (Å²) in [6, 6.07) is 0. The standard InChI is InChI=1S/C30H50O2/c1-19(2)20(3)8-9-21(4)26-12-13-27-25-11-10-23-18-24(32-22(5)31)14-16-29(23,6)28(25)15-17-30(26,27)7/h18-21,24-28H,8-17H2,1-7H3/t20-,21+,24+,25-,26+,27-,28-,29-,30+/m0/s1. The molecule has 3 fully saturated rings. The second-order valence-corrected chi connectivity index (χ2v) is 13.2. The molecule has 0 spiro atoms. The van der Waals surface area contributed by atoms with E-state index in [1.54, 1.807) is 12.5 Å². The van der Waals surface area contributed by atoms with Crippen LogP contribution in [0.2, 0.25) is 0 Å². The van der Waals surface area contributed by atoms with Crippen LogP contribution < -0.4 is 0 Å². The number of esters is 1. The molecule has 2 nitrogen and oxygen atoms in total. The van der Waals surface area contributed by atoms with Gasteiger partial charge in [0.25, 0.3) is 0 Å². The lowest BCUT2D eigenvalue weighted by Gasteiger charge is -2.59. The molecule has 9 atom stereocenters. The molecule has 2 heteroatoms. The zero-order chi connectivity index (χ0) is 23.3. The molecule has 0 aromatic carbocycles. The monoisotopic (exact) mass is 442 g/mol. The van der Waals surface area contributed by atoms with Crippen LogP contribution in [0.1, 0.15) is 113 Å². The SMILES string of the molecule is CC(=O)O[C@H]1C=C2CC[C@H]3[C@@H]4CC[C@H]([C@H](C)CC[C@H](C)C(C)C)[C@@]4(C)CC[C@@H]3[C@@]2(C)CC1. The van der Waals surface area contributed by atoms with E-state index in [0.29, 0.717) is 10.8 Å². The number of ether oxygens (including phenoxy) is 1. The molecule has 0 aromatic heterocycles. The topological polar surface area (TPSA) is 26.3 Å². The summed E-state index contributed by atoms with van der Waals surface area (Å²) < 4.78 is 5.59. The van der Waals surface area contributed by atoms with Crippen molar-refractivity contribution in [3.63, 3.8) is 0 Å². The number of rotatable bonds is 6. The average Bonchev–Trinajstić information content (AvgIpc) is 3.08. The summed E-state index contributed by atoms with van der Waals surface area (Å²) in [7, 11) is 0. The first kappa shape index (κ1) is 24.3. The number of allylic oxidation sites excluding steroid dienone is 1. The van der Waals surface area contributed by atoms with Crippen LogP contribution in [0.3, 0.4) is 0 Å². The van der Waals surface area contributed by atoms with Gasteiger partial charge in [0.1, 0.15) is 6.10 Å². The van der Waals surface area contributed by atoms with E-state index in [9.17, 15) is 4.79 Å². The van der Waals surface area contributed by atoms with Gasteiger partial charge in [-0.2, -0.15) is 0 Å². The third-order valence-corrected chi connectivity index (χ3v) is 11.4. The summed E-state index contributed by atoms with van der Waals surface area (Å²) in [5, 5.41) is 0. The van der Waals surface area contributed by atoms with Crippen molar-refractivity contribution in [2.45, 2.75) is 119 Å². The Kier molecular flexibility index (Phi) is 6.92. The smallest absolute Gasteiger partial charge is 0.303 e. The van der Waals surface area contributed by atoms with Crippen molar-refractivity contribution < 1.29 is 9.53 Å². The molecule has 0 saturated heterocycles. The van der Waals surface area contributed by atoms with Gasteiger partial charge in [0.05, 0.1) is 0 Å². The summed E-state index contributed by atoms with van der Waals surface area (Å²) in [6.07, 6.45) is 15.8. The summed E-state index contributed by atoms with van der Waals surface area (Å²) in [5.74, 6) is 6.01. The average molecular weight is 443 g/mol. The number of carbonyl (C=O) groups excluding carboxylic acids is 1. The highest BCUT2D eigenvalue weighted by Gasteiger charge is 2.59. The molecule has 0 bridgehead atoms. The minimum atomic E-state index is -0.133. The number of hydrogen-bond donors (Lipinski definition) is 0. The third kappa shape index (κ3) is 4.22. The molecule has 0 unspecified atom stereocenters. The Balaban J connectivity index is 1.47. The lowest BCUT2D eigenvalue weighted by Crippen LogP contribution is -2.51. The molecule has 0 radical (unpaired) electrons. The summed E-state index contributed by atoms with van der Waals surface area (Å²) in [6.45, 7) is 16.6. The van der Waals surface area contributed by atoms with Crippen molar-refractivity contribution in [2.75, 3.05) is 0 Å². The van der Waals surface area contributed by atoms with E-state index in [1.165, 1.54) is 57.8 Å². The Hall–Kier alpha value is -0.790. The van der Waals surface area contributed by atoms with Gasteiger partial charge in [0.15, 0.2) is 0 Å². The van der Waals surface area contributed by atoms with Gasteiger partial charge < -0.3 is 4.74 Å². The molecule has 0 N–H and O–H groups in total. The summed E-state index contributed by atoms with van der Waals surface area (Å²) >= 11 is 0. The van der Waals surface area contributed by atoms with E-state index in [4.69, 9.17) is 4.74 Å². The molecular weight excluding hydrogens is 392 g/mol. The number of hydrogen-bond acceptors (Lipinski definition) is 2. The van der Waals surface area contributed by atoms with E-state index in [1.807, 2.05) is 0 Å². The lowest BCUT2D eigenvalue weighted by molar-refractivity contribution is -0.145. The van der Waals surface area contributed by atoms with E-state index in [0.717, 1.165) is 47.8 Å². The number of carbonyl (C=O) groups is 1. The molecule has 0 amide bonds. The van der Waals surface area contributed by atoms with Crippen LogP contribution in [0.25, 0.3) is 0 Å². The minimum absolute atomic E-state index is 0.0194. The van der Waals surface area contributed by atoms with E-state index < -0.39 is 0 Å². The van der Waals surface area contributed by atoms with Crippen LogP contribution in [0.15, 0.2) is 11.6 Å². The largest absolute Gasteiger partial charge is 0.458 e. The summed E-state index contributed by atoms with van der Waals surface area (Å²) in [4.78, 5) is 11.5. The molecule has 4 rings (SSSR count). The first-order chi connectivity index (χ1) is 15.1. The molecule has 4 aliphatic rings. The van der Waals surface area contributed by atoms with Gasteiger partial charge in [-0.15, -0.1) is 0 Å². The quantitative estimate of drug-likeness (QED) is 0.306. The second-order valence-electron chi connectivity index (χ2n) is 13.2. The zero-order valence-corrected chi connectivity index (χ0v) is 22.1. The first-order valence-electron chi connectivity index (χ1n) is 13.9. The highest BCUT2D eigenvalue weighted by atomic mass is 16.5. The molecule has 32 heavy (non-hydrogen) atoms. The Morgan fingerprint density at radius 2 is 1.75 bits per heavy atom. The van der Waals surface area contributed by atoms with Crippen molar-refractivity contribution >= 4 is 5.97 Å². The van der Waals surface area contributed by atoms with Gasteiger partial charge in [-0.3, -0.25) is 4.79 Å². The van der Waals surface area contributed by atoms with Crippen molar-refractivity contribution in [3.05, 3.63) is 11.6 Å². The maximum atomic E-state index is 11.5. The fourth-order valence-electron chi connectivity index (χ4n) is 9.04. The summed E-state index contributed by atoms with van der Waals surface area (Å²) in [5.41, 5.74) is 2.52. The van der Waals surface area contributed by atoms with Gasteiger partial charge in [-0.25, -0.2) is 0 Å². The fourth-order valence-corrected chi connectivity index (χ4v) is 9.04. The normalized spacial score (nSPS) is 43.0. The van der Waals surface area contributed by atoms with E-state index in [2.05, 4.69) is 47.6 Å². The maximum absolute atomic E-state index is 11.5. The molecular formula is C30H50O2. The lowest BCUT2D eigenvalue weighted by atomic mass is 9.46.